The molecule has 1 aromatic rings. The number of nitrogens with zero attached hydrogens (tertiary/aromatic N) is 1. The molecule has 0 saturated heterocycles. The van der Waals surface area contributed by atoms with Crippen LogP contribution < -0.4 is 5.32 Å². The van der Waals surface area contributed by atoms with Crippen LogP contribution in [0.25, 0.3) is 0 Å². The minimum absolute atomic E-state index is 0.0231. The second kappa shape index (κ2) is 9.50. The predicted molar refractivity (Wildman–Crippen MR) is 82.9 cm³/mol. The quantitative estimate of drug-likeness (QED) is 0.714. The summed E-state index contributed by atoms with van der Waals surface area (Å²) in [6.07, 6.45) is -0.629. The molecule has 0 fully saturated rings. The SMILES string of the molecule is CCN(C)C(=O)C(C)NCC(O)COCc1ccccc1. The van der Waals surface area contributed by atoms with Crippen LogP contribution in [0, 0.1) is 0 Å². The van der Waals surface area contributed by atoms with Gasteiger partial charge in [0.2, 0.25) is 5.91 Å². The summed E-state index contributed by atoms with van der Waals surface area (Å²) in [4.78, 5) is 13.5. The number of rotatable bonds is 9. The molecule has 1 rings (SSSR count). The minimum Gasteiger partial charge on any atom is -0.389 e. The lowest BCUT2D eigenvalue weighted by Gasteiger charge is -2.21. The number of ether oxygens (including phenoxy) is 1. The van der Waals surface area contributed by atoms with E-state index in [0.29, 0.717) is 19.7 Å². The zero-order chi connectivity index (χ0) is 15.7. The smallest absolute Gasteiger partial charge is 0.239 e. The van der Waals surface area contributed by atoms with Crippen molar-refractivity contribution in [2.75, 3.05) is 26.7 Å². The Bertz CT molecular complexity index is 411. The Morgan fingerprint density at radius 1 is 1.38 bits per heavy atom. The van der Waals surface area contributed by atoms with Crippen LogP contribution in [0.3, 0.4) is 0 Å². The first kappa shape index (κ1) is 17.6. The minimum atomic E-state index is -0.629. The van der Waals surface area contributed by atoms with Crippen molar-refractivity contribution in [1.82, 2.24) is 10.2 Å². The molecule has 0 radical (unpaired) electrons. The van der Waals surface area contributed by atoms with Gasteiger partial charge in [-0.1, -0.05) is 30.3 Å². The summed E-state index contributed by atoms with van der Waals surface area (Å²) in [6.45, 7) is 5.45. The van der Waals surface area contributed by atoms with E-state index in [9.17, 15) is 9.90 Å². The van der Waals surface area contributed by atoms with E-state index in [0.717, 1.165) is 5.56 Å². The third kappa shape index (κ3) is 6.71. The van der Waals surface area contributed by atoms with Crippen molar-refractivity contribution in [1.29, 1.82) is 0 Å². The normalized spacial score (nSPS) is 13.7. The number of likely N-dealkylation sites (N-methyl/N-ethyl adjacent to an activating group) is 1. The molecule has 0 aliphatic carbocycles. The molecule has 0 bridgehead atoms. The molecule has 21 heavy (non-hydrogen) atoms. The Labute approximate surface area is 126 Å². The first-order valence-electron chi connectivity index (χ1n) is 7.32. The van der Waals surface area contributed by atoms with Gasteiger partial charge in [0.15, 0.2) is 0 Å². The predicted octanol–water partition coefficient (Wildman–Crippen LogP) is 1.02. The highest BCUT2D eigenvalue weighted by Crippen LogP contribution is 2.01. The summed E-state index contributed by atoms with van der Waals surface area (Å²) in [7, 11) is 1.76. The lowest BCUT2D eigenvalue weighted by molar-refractivity contribution is -0.131. The van der Waals surface area contributed by atoms with Gasteiger partial charge in [-0.2, -0.15) is 0 Å². The van der Waals surface area contributed by atoms with Gasteiger partial charge in [0.25, 0.3) is 0 Å². The van der Waals surface area contributed by atoms with E-state index in [-0.39, 0.29) is 18.6 Å². The molecule has 1 aromatic carbocycles. The van der Waals surface area contributed by atoms with Gasteiger partial charge in [0, 0.05) is 20.1 Å². The molecule has 0 aromatic heterocycles. The van der Waals surface area contributed by atoms with Gasteiger partial charge in [-0.25, -0.2) is 0 Å². The molecule has 2 atom stereocenters. The number of carbonyl (C=O) groups excluding carboxylic acids is 1. The van der Waals surface area contributed by atoms with Crippen LogP contribution in [0.5, 0.6) is 0 Å². The topological polar surface area (TPSA) is 61.8 Å². The van der Waals surface area contributed by atoms with E-state index in [1.807, 2.05) is 37.3 Å². The molecule has 0 spiro atoms. The van der Waals surface area contributed by atoms with Crippen LogP contribution in [0.4, 0.5) is 0 Å². The van der Waals surface area contributed by atoms with E-state index >= 15 is 0 Å². The van der Waals surface area contributed by atoms with E-state index < -0.39 is 6.10 Å². The Morgan fingerprint density at radius 2 is 2.05 bits per heavy atom. The zero-order valence-electron chi connectivity index (χ0n) is 13.1. The lowest BCUT2D eigenvalue weighted by Crippen LogP contribution is -2.46. The Kier molecular flexibility index (Phi) is 7.97. The van der Waals surface area contributed by atoms with Crippen LogP contribution in [0.2, 0.25) is 0 Å². The van der Waals surface area contributed by atoms with Crippen LogP contribution in [0.1, 0.15) is 19.4 Å². The van der Waals surface area contributed by atoms with Crippen molar-refractivity contribution in [2.24, 2.45) is 0 Å². The molecular formula is C16H26N2O3. The molecule has 5 heteroatoms. The van der Waals surface area contributed by atoms with E-state index in [2.05, 4.69) is 5.32 Å². The number of carbonyl (C=O) groups is 1. The Hall–Kier alpha value is -1.43. The molecule has 118 valence electrons. The lowest BCUT2D eigenvalue weighted by atomic mass is 10.2. The first-order chi connectivity index (χ1) is 10.0. The van der Waals surface area contributed by atoms with Crippen LogP contribution in [-0.2, 0) is 16.1 Å². The molecule has 0 aliphatic rings. The van der Waals surface area contributed by atoms with Crippen LogP contribution >= 0.6 is 0 Å². The van der Waals surface area contributed by atoms with Crippen LogP contribution in [0.15, 0.2) is 30.3 Å². The molecule has 2 unspecified atom stereocenters. The van der Waals surface area contributed by atoms with Gasteiger partial charge < -0.3 is 20.1 Å². The second-order valence-electron chi connectivity index (χ2n) is 5.14. The number of aliphatic hydroxyl groups excluding tert-OH is 1. The highest BCUT2D eigenvalue weighted by atomic mass is 16.5. The van der Waals surface area contributed by atoms with Crippen molar-refractivity contribution < 1.29 is 14.6 Å². The number of amides is 1. The van der Waals surface area contributed by atoms with Gasteiger partial charge in [0.1, 0.15) is 0 Å². The molecule has 0 saturated carbocycles. The molecule has 0 aliphatic heterocycles. The van der Waals surface area contributed by atoms with E-state index in [1.54, 1.807) is 18.9 Å². The number of aliphatic hydroxyl groups is 1. The second-order valence-corrected chi connectivity index (χ2v) is 5.14. The number of hydrogen-bond donors (Lipinski definition) is 2. The summed E-state index contributed by atoms with van der Waals surface area (Å²) >= 11 is 0. The first-order valence-corrected chi connectivity index (χ1v) is 7.32. The van der Waals surface area contributed by atoms with Crippen molar-refractivity contribution in [2.45, 2.75) is 32.6 Å². The summed E-state index contributed by atoms with van der Waals surface area (Å²) in [5.41, 5.74) is 1.07. The fourth-order valence-corrected chi connectivity index (χ4v) is 1.83. The van der Waals surface area contributed by atoms with Gasteiger partial charge in [-0.3, -0.25) is 4.79 Å². The van der Waals surface area contributed by atoms with E-state index in [1.165, 1.54) is 0 Å². The maximum atomic E-state index is 11.8. The third-order valence-electron chi connectivity index (χ3n) is 3.30. The fraction of sp³-hybridized carbons (Fsp3) is 0.562. The average molecular weight is 294 g/mol. The molecule has 2 N–H and O–H groups in total. The Morgan fingerprint density at radius 3 is 2.67 bits per heavy atom. The number of hydrogen-bond acceptors (Lipinski definition) is 4. The molecule has 1 amide bonds. The summed E-state index contributed by atoms with van der Waals surface area (Å²) in [5, 5.41) is 12.9. The number of nitrogens with one attached hydrogen (secondary N) is 1. The highest BCUT2D eigenvalue weighted by molar-refractivity contribution is 5.81. The molecule has 5 nitrogen and oxygen atoms in total. The standard InChI is InChI=1S/C16H26N2O3/c1-4-18(3)16(20)13(2)17-10-15(19)12-21-11-14-8-6-5-7-9-14/h5-9,13,15,17,19H,4,10-12H2,1-3H3. The molecular weight excluding hydrogens is 268 g/mol. The van der Waals surface area contributed by atoms with Crippen molar-refractivity contribution in [3.63, 3.8) is 0 Å². The number of benzene rings is 1. The van der Waals surface area contributed by atoms with Gasteiger partial charge in [0.05, 0.1) is 25.4 Å². The van der Waals surface area contributed by atoms with Crippen molar-refractivity contribution in [3.8, 4) is 0 Å². The maximum Gasteiger partial charge on any atom is 0.239 e. The van der Waals surface area contributed by atoms with Gasteiger partial charge in [-0.05, 0) is 19.4 Å². The van der Waals surface area contributed by atoms with Crippen molar-refractivity contribution in [3.05, 3.63) is 35.9 Å². The highest BCUT2D eigenvalue weighted by Gasteiger charge is 2.16. The zero-order valence-corrected chi connectivity index (χ0v) is 13.1. The average Bonchev–Trinajstić information content (AvgIpc) is 2.52. The third-order valence-corrected chi connectivity index (χ3v) is 3.30. The van der Waals surface area contributed by atoms with E-state index in [4.69, 9.17) is 4.74 Å². The molecule has 0 heterocycles. The summed E-state index contributed by atoms with van der Waals surface area (Å²) in [6, 6.07) is 9.51. The van der Waals surface area contributed by atoms with Crippen molar-refractivity contribution >= 4 is 5.91 Å². The maximum absolute atomic E-state index is 11.8. The monoisotopic (exact) mass is 294 g/mol. The fourth-order valence-electron chi connectivity index (χ4n) is 1.83. The van der Waals surface area contributed by atoms with Gasteiger partial charge in [-0.15, -0.1) is 0 Å². The Balaban J connectivity index is 2.19. The van der Waals surface area contributed by atoms with Gasteiger partial charge >= 0.3 is 0 Å². The summed E-state index contributed by atoms with van der Waals surface area (Å²) < 4.78 is 5.46. The largest absolute Gasteiger partial charge is 0.389 e. The summed E-state index contributed by atoms with van der Waals surface area (Å²) in [5.74, 6) is 0.0231. The van der Waals surface area contributed by atoms with Crippen LogP contribution in [-0.4, -0.2) is 54.8 Å².